The quantitative estimate of drug-likeness (QED) is 0.238. The molecule has 0 fully saturated rings. The highest BCUT2D eigenvalue weighted by Crippen LogP contribution is 2.63. The molecule has 214 valence electrons. The molecule has 0 spiro atoms. The summed E-state index contributed by atoms with van der Waals surface area (Å²) in [7, 11) is -3.50. The average molecular weight is 613 g/mol. The molecule has 12 heteroatoms. The van der Waals surface area contributed by atoms with Gasteiger partial charge in [-0.1, -0.05) is 49.2 Å². The van der Waals surface area contributed by atoms with Crippen LogP contribution in [0.3, 0.4) is 0 Å². The minimum atomic E-state index is -4.66. The Bertz CT molecular complexity index is 1460. The van der Waals surface area contributed by atoms with Crippen molar-refractivity contribution in [1.29, 1.82) is 0 Å². The van der Waals surface area contributed by atoms with Crippen LogP contribution in [0.2, 0.25) is 10.0 Å². The number of ether oxygens (including phenoxy) is 1. The van der Waals surface area contributed by atoms with Crippen LogP contribution in [0.5, 0.6) is 5.75 Å². The van der Waals surface area contributed by atoms with Gasteiger partial charge in [-0.3, -0.25) is 0 Å². The molecule has 1 aliphatic rings. The summed E-state index contributed by atoms with van der Waals surface area (Å²) in [6, 6.07) is 15.2. The Kier molecular flexibility index (Phi) is 9.10. The van der Waals surface area contributed by atoms with Crippen LogP contribution in [0.4, 0.5) is 35.0 Å². The highest BCUT2D eigenvalue weighted by atomic mass is 35.5. The van der Waals surface area contributed by atoms with Gasteiger partial charge in [-0.15, -0.1) is 0 Å². The van der Waals surface area contributed by atoms with Crippen molar-refractivity contribution in [2.45, 2.75) is 33.9 Å². The van der Waals surface area contributed by atoms with Gasteiger partial charge in [0, 0.05) is 37.9 Å². The van der Waals surface area contributed by atoms with E-state index in [1.807, 2.05) is 44.5 Å². The maximum atomic E-state index is 14.2. The fraction of sp³-hybridized carbons (Fsp3) is 0.321. The van der Waals surface area contributed by atoms with Gasteiger partial charge < -0.3 is 9.64 Å². The number of fused-ring (bicyclic) bond motifs is 1. The summed E-state index contributed by atoms with van der Waals surface area (Å²) in [5.41, 5.74) is -0.0242. The van der Waals surface area contributed by atoms with E-state index in [9.17, 15) is 18.0 Å². The number of anilines is 2. The maximum Gasteiger partial charge on any atom is 0.425 e. The fourth-order valence-electron chi connectivity index (χ4n) is 4.87. The van der Waals surface area contributed by atoms with Crippen molar-refractivity contribution in [2.75, 3.05) is 35.7 Å². The lowest BCUT2D eigenvalue weighted by molar-refractivity contribution is -0.137. The van der Waals surface area contributed by atoms with Gasteiger partial charge in [0.05, 0.1) is 32.3 Å². The van der Waals surface area contributed by atoms with E-state index in [1.54, 1.807) is 12.1 Å². The molecule has 0 unspecified atom stereocenters. The van der Waals surface area contributed by atoms with Crippen LogP contribution in [0.25, 0.3) is 0 Å². The molecule has 0 aliphatic carbocycles. The van der Waals surface area contributed by atoms with Crippen molar-refractivity contribution in [3.63, 3.8) is 0 Å². The van der Waals surface area contributed by atoms with Crippen LogP contribution in [-0.4, -0.2) is 36.9 Å². The van der Waals surface area contributed by atoms with Crippen molar-refractivity contribution in [1.82, 2.24) is 4.67 Å². The van der Waals surface area contributed by atoms with Crippen molar-refractivity contribution in [2.24, 2.45) is 4.74 Å². The molecular weight excluding hydrogens is 583 g/mol. The zero-order valence-electron chi connectivity index (χ0n) is 22.5. The largest absolute Gasteiger partial charge is 0.425 e. The number of rotatable bonds is 8. The third-order valence-corrected chi connectivity index (χ3v) is 11.3. The second-order valence-electron chi connectivity index (χ2n) is 8.92. The Morgan fingerprint density at radius 1 is 0.900 bits per heavy atom. The molecular formula is C28H30Cl2F3N4O2P. The van der Waals surface area contributed by atoms with Crippen LogP contribution >= 0.6 is 30.6 Å². The normalized spacial score (nSPS) is 17.1. The predicted octanol–water partition coefficient (Wildman–Crippen LogP) is 9.21. The van der Waals surface area contributed by atoms with E-state index in [4.69, 9.17) is 32.7 Å². The molecule has 3 aromatic carbocycles. The Morgan fingerprint density at radius 2 is 1.57 bits per heavy atom. The third kappa shape index (κ3) is 5.45. The topological polar surface area (TPSA) is 48.4 Å². The minimum absolute atomic E-state index is 0.183. The molecule has 3 aromatic rings. The molecule has 1 amide bonds. The predicted molar refractivity (Wildman–Crippen MR) is 158 cm³/mol. The van der Waals surface area contributed by atoms with Gasteiger partial charge in [0.15, 0.2) is 7.36 Å². The molecule has 0 saturated carbocycles. The number of hydrogen-bond acceptors (Lipinski definition) is 4. The monoisotopic (exact) mass is 612 g/mol. The van der Waals surface area contributed by atoms with Gasteiger partial charge in [-0.25, -0.2) is 18.9 Å². The van der Waals surface area contributed by atoms with Gasteiger partial charge >= 0.3 is 12.3 Å². The van der Waals surface area contributed by atoms with Crippen molar-refractivity contribution in [3.8, 4) is 5.75 Å². The van der Waals surface area contributed by atoms with Gasteiger partial charge in [0.25, 0.3) is 0 Å². The number of nitrogens with zero attached hydrogens (tertiary/aromatic N) is 4. The highest BCUT2D eigenvalue weighted by Gasteiger charge is 2.47. The molecule has 0 N–H and O–H groups in total. The maximum absolute atomic E-state index is 14.2. The third-order valence-electron chi connectivity index (χ3n) is 6.77. The van der Waals surface area contributed by atoms with E-state index in [2.05, 4.69) is 4.90 Å². The van der Waals surface area contributed by atoms with Crippen LogP contribution in [0.15, 0.2) is 65.4 Å². The first-order chi connectivity index (χ1) is 19.0. The standard InChI is InChI=1S/C28H30Cl2F3N4O2P/c1-5-35(6-2)19-14-16-26-25(18-19)39-27(38)37(20-13-15-22(29)23(30)17-20)40(26,36(7-3)8-4)34-24-12-10-9-11-21(24)28(31,32)33/h9-18H,5-8H2,1-4H3/t40-/m1/s1. The zero-order valence-corrected chi connectivity index (χ0v) is 25.0. The van der Waals surface area contributed by atoms with Gasteiger partial charge in [0.2, 0.25) is 0 Å². The van der Waals surface area contributed by atoms with Crippen molar-refractivity contribution < 1.29 is 22.7 Å². The van der Waals surface area contributed by atoms with Gasteiger partial charge in [-0.05, 0) is 56.3 Å². The Morgan fingerprint density at radius 3 is 2.17 bits per heavy atom. The lowest BCUT2D eigenvalue weighted by atomic mass is 10.2. The minimum Gasteiger partial charge on any atom is -0.409 e. The molecule has 0 bridgehead atoms. The summed E-state index contributed by atoms with van der Waals surface area (Å²) in [6.07, 6.45) is -5.43. The molecule has 0 saturated heterocycles. The summed E-state index contributed by atoms with van der Waals surface area (Å²) >= 11 is 12.5. The number of alkyl halides is 3. The first-order valence-electron chi connectivity index (χ1n) is 12.9. The molecule has 1 heterocycles. The number of benzene rings is 3. The van der Waals surface area contributed by atoms with E-state index >= 15 is 0 Å². The smallest absolute Gasteiger partial charge is 0.409 e. The molecule has 6 nitrogen and oxygen atoms in total. The van der Waals surface area contributed by atoms with Gasteiger partial charge in [-0.2, -0.15) is 13.2 Å². The van der Waals surface area contributed by atoms with E-state index in [0.29, 0.717) is 24.1 Å². The van der Waals surface area contributed by atoms with Crippen molar-refractivity contribution >= 4 is 59.0 Å². The first-order valence-corrected chi connectivity index (χ1v) is 15.3. The fourth-order valence-corrected chi connectivity index (χ4v) is 8.92. The lowest BCUT2D eigenvalue weighted by Crippen LogP contribution is -2.46. The molecule has 1 aliphatic heterocycles. The van der Waals surface area contributed by atoms with Gasteiger partial charge in [0.1, 0.15) is 5.75 Å². The molecule has 0 aromatic heterocycles. The van der Waals surface area contributed by atoms with E-state index in [1.165, 1.54) is 35.0 Å². The summed E-state index contributed by atoms with van der Waals surface area (Å²) in [4.78, 5) is 16.0. The SMILES string of the molecule is CCN(CC)c1ccc2c(c1)OC(=O)N(c1ccc(Cl)c(Cl)c1)[P@]2(=Nc1ccccc1C(F)(F)F)N(CC)CC. The second kappa shape index (κ2) is 12.0. The Hall–Kier alpha value is -2.71. The highest BCUT2D eigenvalue weighted by molar-refractivity contribution is 7.74. The Balaban J connectivity index is 2.17. The number of hydrogen-bond donors (Lipinski definition) is 0. The summed E-state index contributed by atoms with van der Waals surface area (Å²) < 4.78 is 56.7. The van der Waals surface area contributed by atoms with E-state index in [-0.39, 0.29) is 21.5 Å². The molecule has 4 rings (SSSR count). The van der Waals surface area contributed by atoms with Crippen LogP contribution < -0.4 is 19.6 Å². The van der Waals surface area contributed by atoms with Crippen LogP contribution in [0, 0.1) is 0 Å². The van der Waals surface area contributed by atoms with Crippen molar-refractivity contribution in [3.05, 3.63) is 76.3 Å². The van der Waals surface area contributed by atoms with Crippen LogP contribution in [0.1, 0.15) is 33.3 Å². The number of carbonyl (C=O) groups excluding carboxylic acids is 1. The average Bonchev–Trinajstić information content (AvgIpc) is 2.91. The van der Waals surface area contributed by atoms with Crippen LogP contribution in [-0.2, 0) is 6.18 Å². The molecule has 0 radical (unpaired) electrons. The van der Waals surface area contributed by atoms with E-state index < -0.39 is 25.2 Å². The number of amides is 1. The second-order valence-corrected chi connectivity index (χ2v) is 12.5. The molecule has 40 heavy (non-hydrogen) atoms. The summed E-state index contributed by atoms with van der Waals surface area (Å²) in [6.45, 7) is 10.0. The van der Waals surface area contributed by atoms with E-state index in [0.717, 1.165) is 24.8 Å². The number of carbonyl (C=O) groups is 1. The first kappa shape index (κ1) is 30.3. The Labute approximate surface area is 242 Å². The molecule has 1 atom stereocenters. The summed E-state index contributed by atoms with van der Waals surface area (Å²) in [5.74, 6) is 0.263. The summed E-state index contributed by atoms with van der Waals surface area (Å²) in [5, 5.41) is 0.976. The lowest BCUT2D eigenvalue weighted by Gasteiger charge is -2.46. The number of halogens is 5. The zero-order chi connectivity index (χ0) is 29.2.